The van der Waals surface area contributed by atoms with Gasteiger partial charge in [-0.15, -0.1) is 0 Å². The number of imide groups is 1. The Labute approximate surface area is 137 Å². The van der Waals surface area contributed by atoms with E-state index in [0.29, 0.717) is 18.5 Å². The average Bonchev–Trinajstić information content (AvgIpc) is 2.44. The summed E-state index contributed by atoms with van der Waals surface area (Å²) in [4.78, 5) is 35.7. The third kappa shape index (κ3) is 4.77. The fraction of sp³-hybridized carbons (Fsp3) is 0.389. The molecule has 0 spiro atoms. The molecule has 2 amide bonds. The molecular weight excluding hydrogens is 292 g/mol. The van der Waals surface area contributed by atoms with Gasteiger partial charge in [-0.1, -0.05) is 31.0 Å². The molecular formula is C18H24N2O3. The molecule has 0 atom stereocenters. The molecule has 1 aromatic carbocycles. The number of amides is 2. The first-order valence-electron chi connectivity index (χ1n) is 7.67. The van der Waals surface area contributed by atoms with Gasteiger partial charge >= 0.3 is 0 Å². The highest BCUT2D eigenvalue weighted by Gasteiger charge is 2.24. The molecule has 0 saturated heterocycles. The van der Waals surface area contributed by atoms with E-state index in [1.165, 1.54) is 0 Å². The SMILES string of the molecule is CCN/C(C(=O)c1cc(C)cc(C)c1)=C(\C(=O)NC=O)C(C)C. The van der Waals surface area contributed by atoms with Crippen LogP contribution in [0.25, 0.3) is 0 Å². The third-order valence-electron chi connectivity index (χ3n) is 3.35. The van der Waals surface area contributed by atoms with E-state index in [1.807, 2.05) is 40.7 Å². The molecule has 0 aromatic heterocycles. The van der Waals surface area contributed by atoms with Crippen LogP contribution in [0.5, 0.6) is 0 Å². The molecule has 0 fully saturated rings. The number of hydrogen-bond acceptors (Lipinski definition) is 4. The minimum absolute atomic E-state index is 0.209. The van der Waals surface area contributed by atoms with Gasteiger partial charge in [-0.2, -0.15) is 0 Å². The summed E-state index contributed by atoms with van der Waals surface area (Å²) in [5, 5.41) is 5.12. The lowest BCUT2D eigenvalue weighted by molar-refractivity contribution is -0.122. The normalized spacial score (nSPS) is 11.7. The van der Waals surface area contributed by atoms with Crippen LogP contribution in [0, 0.1) is 19.8 Å². The summed E-state index contributed by atoms with van der Waals surface area (Å²) in [6.45, 7) is 9.81. The van der Waals surface area contributed by atoms with Crippen molar-refractivity contribution in [3.05, 3.63) is 46.2 Å². The molecule has 5 nitrogen and oxygen atoms in total. The second-order valence-corrected chi connectivity index (χ2v) is 5.77. The Kier molecular flexibility index (Phi) is 6.69. The lowest BCUT2D eigenvalue weighted by atomic mass is 9.94. The quantitative estimate of drug-likeness (QED) is 0.460. The van der Waals surface area contributed by atoms with Crippen LogP contribution in [-0.4, -0.2) is 24.6 Å². The van der Waals surface area contributed by atoms with Crippen LogP contribution in [0.3, 0.4) is 0 Å². The number of hydrogen-bond donors (Lipinski definition) is 2. The van der Waals surface area contributed by atoms with Crippen molar-refractivity contribution in [1.82, 2.24) is 10.6 Å². The summed E-state index contributed by atoms with van der Waals surface area (Å²) in [5.74, 6) is -1.01. The van der Waals surface area contributed by atoms with E-state index in [9.17, 15) is 14.4 Å². The molecule has 0 aliphatic rings. The highest BCUT2D eigenvalue weighted by atomic mass is 16.2. The predicted molar refractivity (Wildman–Crippen MR) is 90.0 cm³/mol. The Hall–Kier alpha value is -2.43. The fourth-order valence-electron chi connectivity index (χ4n) is 2.52. The zero-order valence-corrected chi connectivity index (χ0v) is 14.3. The van der Waals surface area contributed by atoms with Crippen LogP contribution in [0.15, 0.2) is 29.5 Å². The highest BCUT2D eigenvalue weighted by molar-refractivity contribution is 6.14. The number of rotatable bonds is 7. The van der Waals surface area contributed by atoms with E-state index in [0.717, 1.165) is 11.1 Å². The van der Waals surface area contributed by atoms with E-state index in [4.69, 9.17) is 0 Å². The molecule has 1 aromatic rings. The molecule has 0 bridgehead atoms. The van der Waals surface area contributed by atoms with E-state index < -0.39 is 5.91 Å². The van der Waals surface area contributed by atoms with Crippen LogP contribution < -0.4 is 10.6 Å². The Morgan fingerprint density at radius 1 is 1.13 bits per heavy atom. The Morgan fingerprint density at radius 2 is 1.70 bits per heavy atom. The average molecular weight is 316 g/mol. The van der Waals surface area contributed by atoms with Gasteiger partial charge < -0.3 is 5.32 Å². The van der Waals surface area contributed by atoms with E-state index in [2.05, 4.69) is 10.6 Å². The van der Waals surface area contributed by atoms with Crippen molar-refractivity contribution in [3.63, 3.8) is 0 Å². The maximum absolute atomic E-state index is 12.9. The van der Waals surface area contributed by atoms with Crippen LogP contribution in [-0.2, 0) is 9.59 Å². The molecule has 0 saturated carbocycles. The summed E-state index contributed by atoms with van der Waals surface area (Å²) < 4.78 is 0. The second kappa shape index (κ2) is 8.27. The molecule has 0 heterocycles. The Bertz CT molecular complexity index is 625. The smallest absolute Gasteiger partial charge is 0.256 e. The molecule has 1 rings (SSSR count). The van der Waals surface area contributed by atoms with Crippen LogP contribution in [0.4, 0.5) is 0 Å². The summed E-state index contributed by atoms with van der Waals surface area (Å²) in [5.41, 5.74) is 3.01. The molecule has 0 radical (unpaired) electrons. The number of Topliss-reactive ketones (excluding diaryl/α,β-unsaturated/α-hetero) is 1. The van der Waals surface area contributed by atoms with Gasteiger partial charge in [0.15, 0.2) is 0 Å². The summed E-state index contributed by atoms with van der Waals surface area (Å²) in [6.07, 6.45) is 0.329. The van der Waals surface area contributed by atoms with Gasteiger partial charge in [-0.3, -0.25) is 19.7 Å². The molecule has 0 unspecified atom stereocenters. The molecule has 124 valence electrons. The van der Waals surface area contributed by atoms with Crippen LogP contribution in [0.1, 0.15) is 42.3 Å². The van der Waals surface area contributed by atoms with Gasteiger partial charge in [0.25, 0.3) is 5.91 Å². The van der Waals surface area contributed by atoms with Gasteiger partial charge in [-0.25, -0.2) is 0 Å². The van der Waals surface area contributed by atoms with Crippen molar-refractivity contribution in [2.75, 3.05) is 6.54 Å². The number of nitrogens with one attached hydrogen (secondary N) is 2. The monoisotopic (exact) mass is 316 g/mol. The van der Waals surface area contributed by atoms with Gasteiger partial charge in [0.05, 0.1) is 5.70 Å². The van der Waals surface area contributed by atoms with Gasteiger partial charge in [0, 0.05) is 17.7 Å². The molecule has 0 aliphatic carbocycles. The number of ketones is 1. The lowest BCUT2D eigenvalue weighted by Crippen LogP contribution is -2.32. The number of allylic oxidation sites excluding steroid dienone is 1. The number of likely N-dealkylation sites (N-methyl/N-ethyl adjacent to an activating group) is 1. The summed E-state index contributed by atoms with van der Waals surface area (Å²) in [6, 6.07) is 5.57. The predicted octanol–water partition coefficient (Wildman–Crippen LogP) is 2.28. The maximum atomic E-state index is 12.9. The first kappa shape index (κ1) is 18.6. The van der Waals surface area contributed by atoms with Crippen LogP contribution in [0.2, 0.25) is 0 Å². The van der Waals surface area contributed by atoms with Crippen molar-refractivity contribution in [2.45, 2.75) is 34.6 Å². The minimum Gasteiger partial charge on any atom is -0.382 e. The Morgan fingerprint density at radius 3 is 2.13 bits per heavy atom. The van der Waals surface area contributed by atoms with E-state index >= 15 is 0 Å². The van der Waals surface area contributed by atoms with E-state index in [1.54, 1.807) is 12.1 Å². The maximum Gasteiger partial charge on any atom is 0.256 e. The van der Waals surface area contributed by atoms with Crippen molar-refractivity contribution >= 4 is 18.1 Å². The fourth-order valence-corrected chi connectivity index (χ4v) is 2.52. The number of carbonyl (C=O) groups is 3. The first-order valence-corrected chi connectivity index (χ1v) is 7.67. The number of benzene rings is 1. The minimum atomic E-state index is -0.552. The topological polar surface area (TPSA) is 75.3 Å². The van der Waals surface area contributed by atoms with Crippen LogP contribution >= 0.6 is 0 Å². The molecule has 2 N–H and O–H groups in total. The second-order valence-electron chi connectivity index (χ2n) is 5.77. The van der Waals surface area contributed by atoms with E-state index in [-0.39, 0.29) is 23.0 Å². The highest BCUT2D eigenvalue weighted by Crippen LogP contribution is 2.19. The largest absolute Gasteiger partial charge is 0.382 e. The van der Waals surface area contributed by atoms with Crippen molar-refractivity contribution in [3.8, 4) is 0 Å². The van der Waals surface area contributed by atoms with Gasteiger partial charge in [0.2, 0.25) is 12.2 Å². The summed E-state index contributed by atoms with van der Waals surface area (Å²) >= 11 is 0. The van der Waals surface area contributed by atoms with Crippen molar-refractivity contribution < 1.29 is 14.4 Å². The van der Waals surface area contributed by atoms with Gasteiger partial charge in [-0.05, 0) is 38.8 Å². The number of aryl methyl sites for hydroxylation is 2. The molecule has 0 aliphatic heterocycles. The zero-order valence-electron chi connectivity index (χ0n) is 14.3. The first-order chi connectivity index (χ1) is 10.8. The lowest BCUT2D eigenvalue weighted by Gasteiger charge is -2.17. The standard InChI is InChI=1S/C18H24N2O3/c1-6-19-16(15(11(2)3)18(23)20-10-21)17(22)14-8-12(4)7-13(5)9-14/h7-11,19H,6H2,1-5H3,(H,20,21,23)/b16-15-. The Balaban J connectivity index is 3.46. The van der Waals surface area contributed by atoms with Gasteiger partial charge in [0.1, 0.15) is 0 Å². The molecule has 5 heteroatoms. The molecule has 23 heavy (non-hydrogen) atoms. The number of carbonyl (C=O) groups excluding carboxylic acids is 3. The summed E-state index contributed by atoms with van der Waals surface area (Å²) in [7, 11) is 0. The zero-order chi connectivity index (χ0) is 17.6. The third-order valence-corrected chi connectivity index (χ3v) is 3.35. The van der Waals surface area contributed by atoms with Crippen molar-refractivity contribution in [1.29, 1.82) is 0 Å². The van der Waals surface area contributed by atoms with Crippen molar-refractivity contribution in [2.24, 2.45) is 5.92 Å².